The second-order valence-corrected chi connectivity index (χ2v) is 5.85. The molecule has 1 aliphatic rings. The molecule has 0 aliphatic carbocycles. The van der Waals surface area contributed by atoms with Crippen LogP contribution in [0.25, 0.3) is 10.9 Å². The Kier molecular flexibility index (Phi) is 3.54. The van der Waals surface area contributed by atoms with E-state index >= 15 is 0 Å². The van der Waals surface area contributed by atoms with Gasteiger partial charge in [-0.3, -0.25) is 9.59 Å². The lowest BCUT2D eigenvalue weighted by Crippen LogP contribution is -2.35. The van der Waals surface area contributed by atoms with Crippen LogP contribution in [0.3, 0.4) is 0 Å². The molecule has 0 spiro atoms. The predicted octanol–water partition coefficient (Wildman–Crippen LogP) is 2.26. The summed E-state index contributed by atoms with van der Waals surface area (Å²) in [5, 5.41) is 3.61. The van der Waals surface area contributed by atoms with Crippen molar-refractivity contribution in [2.75, 3.05) is 6.54 Å². The summed E-state index contributed by atoms with van der Waals surface area (Å²) in [5.74, 6) is 0.607. The van der Waals surface area contributed by atoms with E-state index in [1.807, 2.05) is 42.5 Å². The van der Waals surface area contributed by atoms with E-state index in [-0.39, 0.29) is 17.6 Å². The zero-order chi connectivity index (χ0) is 16.5. The lowest BCUT2D eigenvalue weighted by Gasteiger charge is -2.12. The Morgan fingerprint density at radius 2 is 1.96 bits per heavy atom. The van der Waals surface area contributed by atoms with E-state index in [9.17, 15) is 9.59 Å². The maximum Gasteiger partial charge on any atom is 0.252 e. The molecule has 5 nitrogen and oxygen atoms in total. The zero-order valence-electron chi connectivity index (χ0n) is 12.9. The fourth-order valence-corrected chi connectivity index (χ4v) is 3.06. The van der Waals surface area contributed by atoms with Crippen LogP contribution in [0.2, 0.25) is 0 Å². The van der Waals surface area contributed by atoms with E-state index in [1.165, 1.54) is 6.07 Å². The van der Waals surface area contributed by atoms with E-state index < -0.39 is 0 Å². The molecule has 3 aromatic rings. The van der Waals surface area contributed by atoms with E-state index in [0.717, 1.165) is 23.1 Å². The smallest absolute Gasteiger partial charge is 0.252 e. The van der Waals surface area contributed by atoms with Gasteiger partial charge in [-0.2, -0.15) is 0 Å². The number of fused-ring (bicyclic) bond motifs is 2. The minimum atomic E-state index is -0.289. The van der Waals surface area contributed by atoms with Gasteiger partial charge in [0.2, 0.25) is 5.56 Å². The molecule has 0 fully saturated rings. The molecule has 4 rings (SSSR count). The molecule has 2 N–H and O–H groups in total. The summed E-state index contributed by atoms with van der Waals surface area (Å²) in [6.07, 6.45) is 0.687. The number of aromatic amines is 1. The highest BCUT2D eigenvalue weighted by molar-refractivity contribution is 6.05. The number of carbonyl (C=O) groups excluding carboxylic acids is 1. The number of rotatable bonds is 3. The quantitative estimate of drug-likeness (QED) is 0.777. The number of amides is 1. The monoisotopic (exact) mass is 320 g/mol. The Labute approximate surface area is 138 Å². The van der Waals surface area contributed by atoms with Crippen LogP contribution in [0.4, 0.5) is 0 Å². The number of pyridine rings is 1. The van der Waals surface area contributed by atoms with Gasteiger partial charge in [0.1, 0.15) is 11.9 Å². The maximum atomic E-state index is 12.5. The summed E-state index contributed by atoms with van der Waals surface area (Å²) in [7, 11) is 0. The average molecular weight is 320 g/mol. The van der Waals surface area contributed by atoms with E-state index in [1.54, 1.807) is 6.07 Å². The first-order valence-electron chi connectivity index (χ1n) is 7.85. The summed E-state index contributed by atoms with van der Waals surface area (Å²) >= 11 is 0. The highest BCUT2D eigenvalue weighted by Gasteiger charge is 2.23. The highest BCUT2D eigenvalue weighted by atomic mass is 16.5. The standard InChI is InChI=1S/C19H16N2O3/c22-18-10-15(14-6-2-3-7-16(14)21-18)19(23)20-11-13-9-12-5-1-4-8-17(12)24-13/h1-8,10,13H,9,11H2,(H,20,23)(H,21,22)/t13-/m0/s1. The molecule has 0 saturated heterocycles. The molecule has 0 radical (unpaired) electrons. The van der Waals surface area contributed by atoms with Gasteiger partial charge in [0.25, 0.3) is 5.91 Å². The third kappa shape index (κ3) is 2.65. The van der Waals surface area contributed by atoms with Crippen LogP contribution in [0, 0.1) is 0 Å². The Bertz CT molecular complexity index is 953. The number of aromatic nitrogens is 1. The van der Waals surface area contributed by atoms with Gasteiger partial charge in [0.05, 0.1) is 12.1 Å². The van der Waals surface area contributed by atoms with Crippen molar-refractivity contribution in [3.63, 3.8) is 0 Å². The second kappa shape index (κ2) is 5.85. The van der Waals surface area contributed by atoms with Crippen LogP contribution in [0.15, 0.2) is 59.4 Å². The highest BCUT2D eigenvalue weighted by Crippen LogP contribution is 2.27. The lowest BCUT2D eigenvalue weighted by atomic mass is 10.1. The van der Waals surface area contributed by atoms with Crippen molar-refractivity contribution in [1.82, 2.24) is 10.3 Å². The Morgan fingerprint density at radius 3 is 2.83 bits per heavy atom. The first-order valence-corrected chi connectivity index (χ1v) is 7.85. The fourth-order valence-electron chi connectivity index (χ4n) is 3.06. The minimum absolute atomic E-state index is 0.0837. The Balaban J connectivity index is 1.51. The Hall–Kier alpha value is -3.08. The van der Waals surface area contributed by atoms with E-state index in [0.29, 0.717) is 17.6 Å². The van der Waals surface area contributed by atoms with Crippen LogP contribution in [0.5, 0.6) is 5.75 Å². The van der Waals surface area contributed by atoms with Crippen LogP contribution < -0.4 is 15.6 Å². The third-order valence-electron chi connectivity index (χ3n) is 4.20. The molecular weight excluding hydrogens is 304 g/mol. The molecule has 1 amide bonds. The average Bonchev–Trinajstić information content (AvgIpc) is 3.02. The number of benzene rings is 2. The molecule has 0 bridgehead atoms. The third-order valence-corrected chi connectivity index (χ3v) is 4.20. The number of hydrogen-bond donors (Lipinski definition) is 2. The SMILES string of the molecule is O=C(NC[C@@H]1Cc2ccccc2O1)c1cc(=O)[nH]c2ccccc12. The molecule has 5 heteroatoms. The van der Waals surface area contributed by atoms with Gasteiger partial charge in [0, 0.05) is 23.4 Å². The van der Waals surface area contributed by atoms with Gasteiger partial charge in [0.15, 0.2) is 0 Å². The minimum Gasteiger partial charge on any atom is -0.488 e. The lowest BCUT2D eigenvalue weighted by molar-refractivity contribution is 0.0935. The van der Waals surface area contributed by atoms with Gasteiger partial charge in [-0.05, 0) is 17.7 Å². The normalized spacial score (nSPS) is 15.8. The van der Waals surface area contributed by atoms with E-state index in [4.69, 9.17) is 4.74 Å². The molecule has 1 atom stereocenters. The molecule has 24 heavy (non-hydrogen) atoms. The van der Waals surface area contributed by atoms with Crippen molar-refractivity contribution >= 4 is 16.8 Å². The van der Waals surface area contributed by atoms with Crippen LogP contribution in [-0.2, 0) is 6.42 Å². The number of para-hydroxylation sites is 2. The molecule has 0 unspecified atom stereocenters. The maximum absolute atomic E-state index is 12.5. The number of nitrogens with one attached hydrogen (secondary N) is 2. The summed E-state index contributed by atoms with van der Waals surface area (Å²) < 4.78 is 5.82. The van der Waals surface area contributed by atoms with Gasteiger partial charge in [-0.1, -0.05) is 36.4 Å². The largest absolute Gasteiger partial charge is 0.488 e. The van der Waals surface area contributed by atoms with Crippen molar-refractivity contribution in [3.8, 4) is 5.75 Å². The molecule has 1 aliphatic heterocycles. The van der Waals surface area contributed by atoms with Gasteiger partial charge in [-0.25, -0.2) is 0 Å². The number of H-pyrrole nitrogens is 1. The second-order valence-electron chi connectivity index (χ2n) is 5.85. The van der Waals surface area contributed by atoms with Crippen molar-refractivity contribution in [1.29, 1.82) is 0 Å². The zero-order valence-corrected chi connectivity index (χ0v) is 12.9. The summed E-state index contributed by atoms with van der Waals surface area (Å²) in [5.41, 5.74) is 1.89. The van der Waals surface area contributed by atoms with E-state index in [2.05, 4.69) is 10.3 Å². The molecular formula is C19H16N2O3. The fraction of sp³-hybridized carbons (Fsp3) is 0.158. The first-order chi connectivity index (χ1) is 11.7. The molecule has 0 saturated carbocycles. The number of carbonyl (C=O) groups is 1. The summed E-state index contributed by atoms with van der Waals surface area (Å²) in [6.45, 7) is 0.397. The number of hydrogen-bond acceptors (Lipinski definition) is 3. The summed E-state index contributed by atoms with van der Waals surface area (Å²) in [6, 6.07) is 16.5. The molecule has 2 heterocycles. The topological polar surface area (TPSA) is 71.2 Å². The van der Waals surface area contributed by atoms with Crippen molar-refractivity contribution in [2.24, 2.45) is 0 Å². The van der Waals surface area contributed by atoms with Gasteiger partial charge < -0.3 is 15.0 Å². The molecule has 2 aromatic carbocycles. The number of ether oxygens (including phenoxy) is 1. The van der Waals surface area contributed by atoms with Crippen molar-refractivity contribution < 1.29 is 9.53 Å². The van der Waals surface area contributed by atoms with Gasteiger partial charge >= 0.3 is 0 Å². The first kappa shape index (κ1) is 14.5. The molecule has 1 aromatic heterocycles. The van der Waals surface area contributed by atoms with Crippen LogP contribution in [-0.4, -0.2) is 23.5 Å². The van der Waals surface area contributed by atoms with Crippen LogP contribution in [0.1, 0.15) is 15.9 Å². The van der Waals surface area contributed by atoms with Gasteiger partial charge in [-0.15, -0.1) is 0 Å². The molecule has 120 valence electrons. The van der Waals surface area contributed by atoms with Crippen LogP contribution >= 0.6 is 0 Å². The summed E-state index contributed by atoms with van der Waals surface area (Å²) in [4.78, 5) is 27.0. The Morgan fingerprint density at radius 1 is 1.17 bits per heavy atom. The van der Waals surface area contributed by atoms with Crippen molar-refractivity contribution in [3.05, 3.63) is 76.1 Å². The predicted molar refractivity (Wildman–Crippen MR) is 91.5 cm³/mol. The van der Waals surface area contributed by atoms with Crippen molar-refractivity contribution in [2.45, 2.75) is 12.5 Å².